The molecule has 2 aromatic heterocycles. The summed E-state index contributed by atoms with van der Waals surface area (Å²) in [4.78, 5) is 15.4. The van der Waals surface area contributed by atoms with Crippen LogP contribution in [0.15, 0.2) is 24.5 Å². The summed E-state index contributed by atoms with van der Waals surface area (Å²) in [5.74, 6) is -0.375. The molecular weight excluding hydrogens is 295 g/mol. The highest BCUT2D eigenvalue weighted by Crippen LogP contribution is 2.11. The standard InChI is InChI=1S/C9H7IN2O2/c1-14-9(13)7-4-11-8-3-2-6(10)5-12(7)8/h2-5H,1H3. The van der Waals surface area contributed by atoms with Crippen LogP contribution in [0, 0.1) is 3.57 Å². The van der Waals surface area contributed by atoms with Crippen molar-refractivity contribution in [2.45, 2.75) is 0 Å². The number of carbonyl (C=O) groups is 1. The van der Waals surface area contributed by atoms with Crippen LogP contribution in [0.4, 0.5) is 0 Å². The van der Waals surface area contributed by atoms with E-state index in [4.69, 9.17) is 0 Å². The molecule has 2 rings (SSSR count). The second-order valence-corrected chi connectivity index (χ2v) is 3.96. The van der Waals surface area contributed by atoms with Crippen LogP contribution in [0.3, 0.4) is 0 Å². The molecule has 0 amide bonds. The highest BCUT2D eigenvalue weighted by atomic mass is 127. The van der Waals surface area contributed by atoms with Crippen molar-refractivity contribution in [3.05, 3.63) is 33.8 Å². The quantitative estimate of drug-likeness (QED) is 0.595. The van der Waals surface area contributed by atoms with Crippen LogP contribution in [-0.2, 0) is 4.74 Å². The summed E-state index contributed by atoms with van der Waals surface area (Å²) in [6, 6.07) is 3.79. The fourth-order valence-corrected chi connectivity index (χ4v) is 1.67. The Balaban J connectivity index is 2.67. The summed E-state index contributed by atoms with van der Waals surface area (Å²) in [6.45, 7) is 0. The van der Waals surface area contributed by atoms with Gasteiger partial charge in [-0.2, -0.15) is 0 Å². The smallest absolute Gasteiger partial charge is 0.356 e. The van der Waals surface area contributed by atoms with Crippen LogP contribution in [0.5, 0.6) is 0 Å². The highest BCUT2D eigenvalue weighted by Gasteiger charge is 2.11. The molecule has 0 radical (unpaired) electrons. The largest absolute Gasteiger partial charge is 0.464 e. The number of ether oxygens (including phenoxy) is 1. The van der Waals surface area contributed by atoms with E-state index in [1.165, 1.54) is 13.3 Å². The van der Waals surface area contributed by atoms with Crippen molar-refractivity contribution in [1.82, 2.24) is 9.38 Å². The Kier molecular flexibility index (Phi) is 2.40. The molecule has 0 fully saturated rings. The molecule has 0 aromatic carbocycles. The zero-order valence-corrected chi connectivity index (χ0v) is 9.56. The zero-order valence-electron chi connectivity index (χ0n) is 7.40. The van der Waals surface area contributed by atoms with E-state index in [2.05, 4.69) is 32.3 Å². The van der Waals surface area contributed by atoms with Gasteiger partial charge in [0.05, 0.1) is 13.3 Å². The Morgan fingerprint density at radius 2 is 2.36 bits per heavy atom. The second-order valence-electron chi connectivity index (χ2n) is 2.71. The fourth-order valence-electron chi connectivity index (χ4n) is 1.21. The van der Waals surface area contributed by atoms with Crippen LogP contribution >= 0.6 is 22.6 Å². The zero-order chi connectivity index (χ0) is 10.1. The number of nitrogens with zero attached hydrogens (tertiary/aromatic N) is 2. The lowest BCUT2D eigenvalue weighted by Gasteiger charge is -1.99. The molecule has 0 saturated carbocycles. The number of imidazole rings is 1. The van der Waals surface area contributed by atoms with Gasteiger partial charge in [-0.25, -0.2) is 9.78 Å². The topological polar surface area (TPSA) is 43.6 Å². The lowest BCUT2D eigenvalue weighted by Crippen LogP contribution is -2.05. The maximum absolute atomic E-state index is 11.3. The van der Waals surface area contributed by atoms with E-state index in [9.17, 15) is 4.79 Å². The molecule has 0 N–H and O–H groups in total. The summed E-state index contributed by atoms with van der Waals surface area (Å²) in [5, 5.41) is 0. The first-order chi connectivity index (χ1) is 6.72. The molecule has 0 aliphatic carbocycles. The molecule has 0 bridgehead atoms. The summed E-state index contributed by atoms with van der Waals surface area (Å²) in [7, 11) is 1.36. The maximum atomic E-state index is 11.3. The number of rotatable bonds is 1. The van der Waals surface area contributed by atoms with Gasteiger partial charge in [0.15, 0.2) is 5.69 Å². The number of aromatic nitrogens is 2. The minimum atomic E-state index is -0.375. The van der Waals surface area contributed by atoms with Crippen LogP contribution in [0.25, 0.3) is 5.65 Å². The van der Waals surface area contributed by atoms with Gasteiger partial charge in [0.1, 0.15) is 5.65 Å². The normalized spacial score (nSPS) is 10.4. The summed E-state index contributed by atoms with van der Waals surface area (Å²) in [5.41, 5.74) is 1.19. The van der Waals surface area contributed by atoms with Crippen molar-refractivity contribution >= 4 is 34.2 Å². The van der Waals surface area contributed by atoms with Crippen molar-refractivity contribution in [2.24, 2.45) is 0 Å². The van der Waals surface area contributed by atoms with E-state index in [0.29, 0.717) is 5.69 Å². The number of fused-ring (bicyclic) bond motifs is 1. The number of hydrogen-bond donors (Lipinski definition) is 0. The van der Waals surface area contributed by atoms with Crippen molar-refractivity contribution in [1.29, 1.82) is 0 Å². The van der Waals surface area contributed by atoms with Crippen molar-refractivity contribution in [3.8, 4) is 0 Å². The van der Waals surface area contributed by atoms with E-state index in [1.54, 1.807) is 4.40 Å². The van der Waals surface area contributed by atoms with Crippen LogP contribution in [-0.4, -0.2) is 22.5 Å². The molecular formula is C9H7IN2O2. The lowest BCUT2D eigenvalue weighted by atomic mass is 10.4. The van der Waals surface area contributed by atoms with Crippen LogP contribution < -0.4 is 0 Å². The van der Waals surface area contributed by atoms with E-state index in [-0.39, 0.29) is 5.97 Å². The number of carbonyl (C=O) groups excluding carboxylic acids is 1. The van der Waals surface area contributed by atoms with Gasteiger partial charge in [0.25, 0.3) is 0 Å². The first-order valence-electron chi connectivity index (χ1n) is 3.93. The Morgan fingerprint density at radius 3 is 3.07 bits per heavy atom. The monoisotopic (exact) mass is 302 g/mol. The first kappa shape index (κ1) is 9.45. The third-order valence-corrected chi connectivity index (χ3v) is 2.50. The Labute approximate surface area is 94.0 Å². The number of halogens is 1. The molecule has 5 heteroatoms. The van der Waals surface area contributed by atoms with Gasteiger partial charge in [0.2, 0.25) is 0 Å². The SMILES string of the molecule is COC(=O)c1cnc2ccc(I)cn12. The number of pyridine rings is 1. The molecule has 2 aromatic rings. The van der Waals surface area contributed by atoms with Gasteiger partial charge < -0.3 is 4.74 Å². The highest BCUT2D eigenvalue weighted by molar-refractivity contribution is 14.1. The Hall–Kier alpha value is -1.11. The number of esters is 1. The van der Waals surface area contributed by atoms with Crippen LogP contribution in [0.1, 0.15) is 10.5 Å². The van der Waals surface area contributed by atoms with Crippen LogP contribution in [0.2, 0.25) is 0 Å². The first-order valence-corrected chi connectivity index (χ1v) is 5.01. The van der Waals surface area contributed by atoms with E-state index >= 15 is 0 Å². The van der Waals surface area contributed by atoms with E-state index in [0.717, 1.165) is 9.22 Å². The number of methoxy groups -OCH3 is 1. The van der Waals surface area contributed by atoms with Gasteiger partial charge in [-0.1, -0.05) is 0 Å². The van der Waals surface area contributed by atoms with Gasteiger partial charge >= 0.3 is 5.97 Å². The predicted octanol–water partition coefficient (Wildman–Crippen LogP) is 1.73. The predicted molar refractivity (Wildman–Crippen MR) is 59.2 cm³/mol. The third kappa shape index (κ3) is 1.47. The van der Waals surface area contributed by atoms with Gasteiger partial charge in [0, 0.05) is 9.77 Å². The molecule has 2 heterocycles. The third-order valence-electron chi connectivity index (χ3n) is 1.86. The van der Waals surface area contributed by atoms with E-state index in [1.807, 2.05) is 18.3 Å². The summed E-state index contributed by atoms with van der Waals surface area (Å²) in [6.07, 6.45) is 3.35. The van der Waals surface area contributed by atoms with E-state index < -0.39 is 0 Å². The van der Waals surface area contributed by atoms with Crippen molar-refractivity contribution < 1.29 is 9.53 Å². The molecule has 0 aliphatic heterocycles. The minimum absolute atomic E-state index is 0.375. The average Bonchev–Trinajstić information content (AvgIpc) is 2.59. The summed E-state index contributed by atoms with van der Waals surface area (Å²) < 4.78 is 7.40. The van der Waals surface area contributed by atoms with Gasteiger partial charge in [-0.05, 0) is 34.7 Å². The van der Waals surface area contributed by atoms with Crippen molar-refractivity contribution in [3.63, 3.8) is 0 Å². The maximum Gasteiger partial charge on any atom is 0.356 e. The molecule has 0 spiro atoms. The molecule has 0 atom stereocenters. The Morgan fingerprint density at radius 1 is 1.57 bits per heavy atom. The lowest BCUT2D eigenvalue weighted by molar-refractivity contribution is 0.0593. The Bertz CT molecular complexity index is 493. The molecule has 0 aliphatic rings. The van der Waals surface area contributed by atoms with Crippen molar-refractivity contribution in [2.75, 3.05) is 7.11 Å². The molecule has 0 unspecified atom stereocenters. The number of hydrogen-bond acceptors (Lipinski definition) is 3. The second kappa shape index (κ2) is 3.56. The fraction of sp³-hybridized carbons (Fsp3) is 0.111. The van der Waals surface area contributed by atoms with Gasteiger partial charge in [-0.3, -0.25) is 4.40 Å². The average molecular weight is 302 g/mol. The molecule has 4 nitrogen and oxygen atoms in total. The molecule has 0 saturated heterocycles. The van der Waals surface area contributed by atoms with Gasteiger partial charge in [-0.15, -0.1) is 0 Å². The molecule has 14 heavy (non-hydrogen) atoms. The molecule has 72 valence electrons. The summed E-state index contributed by atoms with van der Waals surface area (Å²) >= 11 is 2.18. The minimum Gasteiger partial charge on any atom is -0.464 e.